The molecule has 4 saturated heterocycles. The van der Waals surface area contributed by atoms with Crippen LogP contribution in [-0.4, -0.2) is 150 Å². The van der Waals surface area contributed by atoms with E-state index >= 15 is 0 Å². The Kier molecular flexibility index (Phi) is 16.6. The summed E-state index contributed by atoms with van der Waals surface area (Å²) in [5.74, 6) is -4.66. The molecule has 63 heavy (non-hydrogen) atoms. The number of rotatable bonds is 11. The number of hydrogen-bond donors (Lipinski definition) is 1. The number of imide groups is 1. The lowest BCUT2D eigenvalue weighted by Gasteiger charge is -2.48. The number of hydrogen-bond acceptors (Lipinski definition) is 14. The molecule has 0 unspecified atom stereocenters. The van der Waals surface area contributed by atoms with E-state index in [-0.39, 0.29) is 43.9 Å². The van der Waals surface area contributed by atoms with Crippen LogP contribution in [0.5, 0.6) is 0 Å². The number of nitrogens with zero attached hydrogens (tertiary/aromatic N) is 3. The predicted octanol–water partition coefficient (Wildman–Crippen LogP) is 6.64. The van der Waals surface area contributed by atoms with E-state index in [4.69, 9.17) is 44.8 Å². The van der Waals surface area contributed by atoms with E-state index < -0.39 is 102 Å². The van der Waals surface area contributed by atoms with Crippen LogP contribution < -0.4 is 0 Å². The van der Waals surface area contributed by atoms with Crippen LogP contribution >= 0.6 is 11.6 Å². The van der Waals surface area contributed by atoms with Crippen molar-refractivity contribution in [2.75, 3.05) is 33.9 Å². The van der Waals surface area contributed by atoms with E-state index in [0.717, 1.165) is 10.5 Å². The molecule has 1 aromatic rings. The maximum absolute atomic E-state index is 14.9. The van der Waals surface area contributed by atoms with Gasteiger partial charge in [-0.2, -0.15) is 0 Å². The Balaban J connectivity index is 1.63. The van der Waals surface area contributed by atoms with Crippen molar-refractivity contribution in [1.82, 2.24) is 14.7 Å². The molecule has 0 spiro atoms. The molecule has 4 heterocycles. The number of carbonyl (C=O) groups excluding carboxylic acids is 5. The summed E-state index contributed by atoms with van der Waals surface area (Å²) in [6.07, 6.45) is -7.08. The number of esters is 1. The Morgan fingerprint density at radius 3 is 2.25 bits per heavy atom. The summed E-state index contributed by atoms with van der Waals surface area (Å²) in [4.78, 5) is 75.2. The molecule has 5 rings (SSSR count). The van der Waals surface area contributed by atoms with Crippen molar-refractivity contribution in [2.45, 2.75) is 167 Å². The van der Waals surface area contributed by atoms with Gasteiger partial charge in [0.15, 0.2) is 11.9 Å². The van der Waals surface area contributed by atoms with Crippen molar-refractivity contribution >= 4 is 41.6 Å². The number of benzene rings is 1. The van der Waals surface area contributed by atoms with Gasteiger partial charge in [0.2, 0.25) is 0 Å². The van der Waals surface area contributed by atoms with Gasteiger partial charge in [-0.1, -0.05) is 65.3 Å². The van der Waals surface area contributed by atoms with E-state index in [2.05, 4.69) is 0 Å². The Labute approximate surface area is 377 Å². The van der Waals surface area contributed by atoms with Gasteiger partial charge in [-0.05, 0) is 91.1 Å². The number of ketones is 1. The maximum Gasteiger partial charge on any atom is 0.419 e. The molecule has 1 N–H and O–H groups in total. The van der Waals surface area contributed by atoms with Crippen LogP contribution in [0.25, 0.3) is 0 Å². The van der Waals surface area contributed by atoms with Gasteiger partial charge in [-0.15, -0.1) is 0 Å². The number of halogens is 1. The second-order valence-electron chi connectivity index (χ2n) is 18.5. The highest BCUT2D eigenvalue weighted by molar-refractivity contribution is 6.30. The quantitative estimate of drug-likeness (QED) is 0.184. The molecule has 0 saturated carbocycles. The number of Topliss-reactive ketones (excluding diaryl/α,β-unsaturated/α-hetero) is 1. The van der Waals surface area contributed by atoms with Gasteiger partial charge >= 0.3 is 24.2 Å². The van der Waals surface area contributed by atoms with E-state index in [0.29, 0.717) is 30.8 Å². The second kappa shape index (κ2) is 20.7. The molecule has 16 nitrogen and oxygen atoms in total. The normalized spacial score (nSPS) is 38.2. The molecule has 3 amide bonds. The molecule has 15 atom stereocenters. The SMILES string of the molecule is CC[C@H]1COC(=O)N1C(=O)O[C@H]1[C@H](C)[C@@H](O[C@@H]2O[C@H](C)C[C@H](N(C)CC)[C@H]2O)[C@@](C)(OC)C[C@@H](C)C(=O)[C@@H](C)[C@H]2N(CCc3ccc(Cl)cc3)C(=O)O[C@]2(C)[C@@H](CC)OC(=O)[C@@H]1C. The van der Waals surface area contributed by atoms with Crippen LogP contribution in [0.1, 0.15) is 100 Å². The van der Waals surface area contributed by atoms with Crippen molar-refractivity contribution in [3.05, 3.63) is 34.9 Å². The number of fused-ring (bicyclic) bond motifs is 1. The third kappa shape index (κ3) is 10.5. The lowest BCUT2D eigenvalue weighted by molar-refractivity contribution is -0.301. The Bertz CT molecular complexity index is 1790. The zero-order valence-corrected chi connectivity index (χ0v) is 39.8. The van der Waals surface area contributed by atoms with Crippen LogP contribution in [0, 0.1) is 23.7 Å². The lowest BCUT2D eigenvalue weighted by Crippen LogP contribution is -2.61. The lowest BCUT2D eigenvalue weighted by atomic mass is 9.73. The van der Waals surface area contributed by atoms with Crippen molar-refractivity contribution < 1.29 is 62.2 Å². The molecular formula is C46H70ClN3O13. The monoisotopic (exact) mass is 907 g/mol. The van der Waals surface area contributed by atoms with E-state index in [1.54, 1.807) is 72.4 Å². The van der Waals surface area contributed by atoms with Gasteiger partial charge in [0.05, 0.1) is 35.8 Å². The average Bonchev–Trinajstić information content (AvgIpc) is 3.76. The van der Waals surface area contributed by atoms with Crippen LogP contribution in [0.4, 0.5) is 14.4 Å². The smallest absolute Gasteiger partial charge is 0.419 e. The molecule has 4 fully saturated rings. The summed E-state index contributed by atoms with van der Waals surface area (Å²) >= 11 is 6.15. The third-order valence-corrected chi connectivity index (χ3v) is 14.4. The largest absolute Gasteiger partial charge is 0.458 e. The second-order valence-corrected chi connectivity index (χ2v) is 18.9. The Morgan fingerprint density at radius 1 is 0.984 bits per heavy atom. The van der Waals surface area contributed by atoms with Gasteiger partial charge in [0.1, 0.15) is 30.7 Å². The fourth-order valence-corrected chi connectivity index (χ4v) is 10.4. The van der Waals surface area contributed by atoms with Crippen molar-refractivity contribution in [3.63, 3.8) is 0 Å². The average molecular weight is 909 g/mol. The van der Waals surface area contributed by atoms with Crippen molar-refractivity contribution in [2.24, 2.45) is 23.7 Å². The standard InChI is InChI=1S/C46H70ClN3O13/c1-13-32-24-58-43(55)50(32)44(56)61-37-28(7)39(62-41-36(52)33(48(11)15-3)22-26(5)59-41)45(9,57-12)23-25(4)35(51)27(6)38-46(10,34(14-2)60-40(53)29(37)8)63-42(54)49(38)21-20-30-16-18-31(47)19-17-30/h16-19,25-29,32-34,36-39,41,52H,13-15,20-24H2,1-12H3/t25-,26-,27-,28+,29-,32+,33+,34-,36-,37+,38-,39-,41+,45+,46-/m1/s1. The summed E-state index contributed by atoms with van der Waals surface area (Å²) < 4.78 is 43.6. The van der Waals surface area contributed by atoms with E-state index in [1.807, 2.05) is 37.9 Å². The van der Waals surface area contributed by atoms with E-state index in [1.165, 1.54) is 7.11 Å². The molecular weight excluding hydrogens is 838 g/mol. The molecule has 0 radical (unpaired) electrons. The number of ether oxygens (including phenoxy) is 7. The number of cyclic esters (lactones) is 2. The van der Waals surface area contributed by atoms with Gasteiger partial charge in [0, 0.05) is 42.5 Å². The van der Waals surface area contributed by atoms with Gasteiger partial charge < -0.3 is 43.2 Å². The predicted molar refractivity (Wildman–Crippen MR) is 232 cm³/mol. The molecule has 0 aromatic heterocycles. The first-order valence-corrected chi connectivity index (χ1v) is 22.9. The van der Waals surface area contributed by atoms with Crippen LogP contribution in [0.3, 0.4) is 0 Å². The minimum atomic E-state index is -1.49. The molecule has 4 aliphatic heterocycles. The van der Waals surface area contributed by atoms with Crippen LogP contribution in [0.2, 0.25) is 5.02 Å². The molecule has 4 aliphatic rings. The minimum absolute atomic E-state index is 0.0180. The Morgan fingerprint density at radius 2 is 1.65 bits per heavy atom. The highest BCUT2D eigenvalue weighted by atomic mass is 35.5. The summed E-state index contributed by atoms with van der Waals surface area (Å²) in [6.45, 7) is 18.6. The maximum atomic E-state index is 14.9. The molecule has 0 bridgehead atoms. The number of aliphatic hydroxyl groups excluding tert-OH is 1. The molecule has 0 aliphatic carbocycles. The number of carbonyl (C=O) groups is 5. The van der Waals surface area contributed by atoms with Crippen molar-refractivity contribution in [1.29, 1.82) is 0 Å². The van der Waals surface area contributed by atoms with Gasteiger partial charge in [-0.3, -0.25) is 14.5 Å². The van der Waals surface area contributed by atoms with Crippen LogP contribution in [0.15, 0.2) is 24.3 Å². The molecule has 354 valence electrons. The Hall–Kier alpha value is -3.54. The van der Waals surface area contributed by atoms with Crippen molar-refractivity contribution in [3.8, 4) is 0 Å². The third-order valence-electron chi connectivity index (χ3n) is 14.2. The molecule has 17 heteroatoms. The zero-order chi connectivity index (χ0) is 46.7. The summed E-state index contributed by atoms with van der Waals surface area (Å²) in [5, 5.41) is 12.4. The summed E-state index contributed by atoms with van der Waals surface area (Å²) in [6, 6.07) is 5.47. The first kappa shape index (κ1) is 50.5. The number of aliphatic hydroxyl groups is 1. The van der Waals surface area contributed by atoms with Crippen LogP contribution in [-0.2, 0) is 49.2 Å². The zero-order valence-electron chi connectivity index (χ0n) is 39.0. The minimum Gasteiger partial charge on any atom is -0.458 e. The fourth-order valence-electron chi connectivity index (χ4n) is 10.3. The van der Waals surface area contributed by atoms with Gasteiger partial charge in [0.25, 0.3) is 0 Å². The fraction of sp³-hybridized carbons (Fsp3) is 0.761. The summed E-state index contributed by atoms with van der Waals surface area (Å²) in [5.41, 5.74) is -1.94. The molecule has 1 aromatic carbocycles. The number of methoxy groups -OCH3 is 1. The summed E-state index contributed by atoms with van der Waals surface area (Å²) in [7, 11) is 3.39. The highest BCUT2D eigenvalue weighted by Crippen LogP contribution is 2.44. The number of amides is 3. The first-order valence-electron chi connectivity index (χ1n) is 22.5. The first-order chi connectivity index (χ1) is 29.7. The number of likely N-dealkylation sites (N-methyl/N-ethyl adjacent to an activating group) is 1. The van der Waals surface area contributed by atoms with Gasteiger partial charge in [-0.25, -0.2) is 19.3 Å². The van der Waals surface area contributed by atoms with E-state index in [9.17, 15) is 29.1 Å². The topological polar surface area (TPSA) is 180 Å². The highest BCUT2D eigenvalue weighted by Gasteiger charge is 2.61.